The van der Waals surface area contributed by atoms with Crippen molar-refractivity contribution in [3.8, 4) is 0 Å². The number of hydrogen-bond donors (Lipinski definition) is 1. The second kappa shape index (κ2) is 2.33. The van der Waals surface area contributed by atoms with Crippen molar-refractivity contribution in [3.05, 3.63) is 11.8 Å². The number of carbonyl (C=O) groups excluding carboxylic acids is 1. The highest BCUT2D eigenvalue weighted by atomic mass is 16.3. The minimum atomic E-state index is -0.255. The molecule has 0 fully saturated rings. The third kappa shape index (κ3) is 0.988. The first-order valence-electron chi connectivity index (χ1n) is 3.33. The largest absolute Gasteiger partial charge is 0.503 e. The van der Waals surface area contributed by atoms with E-state index in [1.165, 1.54) is 6.08 Å². The average Bonchev–Trinajstić information content (AvgIpc) is 2.14. The highest BCUT2D eigenvalue weighted by molar-refractivity contribution is 5.93. The minimum absolute atomic E-state index is 0.117. The van der Waals surface area contributed by atoms with Gasteiger partial charge in [-0.25, -0.2) is 0 Å². The quantitative estimate of drug-likeness (QED) is 0.583. The maximum atomic E-state index is 11.0. The molecule has 0 radical (unpaired) electrons. The van der Waals surface area contributed by atoms with Gasteiger partial charge in [0.15, 0.2) is 5.76 Å². The number of rotatable bonds is 1. The van der Waals surface area contributed by atoms with Gasteiger partial charge in [0.1, 0.15) is 0 Å². The zero-order valence-electron chi connectivity index (χ0n) is 6.16. The first-order chi connectivity index (χ1) is 4.63. The van der Waals surface area contributed by atoms with Gasteiger partial charge in [-0.05, 0) is 19.9 Å². The Kier molecular flexibility index (Phi) is 1.66. The molecule has 0 aromatic rings. The molecule has 56 valence electrons. The Labute approximate surface area is 59.9 Å². The van der Waals surface area contributed by atoms with Gasteiger partial charge in [0.05, 0.1) is 0 Å². The van der Waals surface area contributed by atoms with E-state index in [1.807, 2.05) is 13.8 Å². The molecule has 0 aromatic heterocycles. The van der Waals surface area contributed by atoms with Gasteiger partial charge in [0.2, 0.25) is 0 Å². The summed E-state index contributed by atoms with van der Waals surface area (Å²) in [5, 5.41) is 8.89. The fourth-order valence-corrected chi connectivity index (χ4v) is 0.947. The molecule has 10 heavy (non-hydrogen) atoms. The fraction of sp³-hybridized carbons (Fsp3) is 0.571. The lowest BCUT2D eigenvalue weighted by atomic mass is 10.3. The van der Waals surface area contributed by atoms with Gasteiger partial charge in [-0.3, -0.25) is 4.79 Å². The van der Waals surface area contributed by atoms with Crippen LogP contribution in [0.3, 0.4) is 0 Å². The van der Waals surface area contributed by atoms with Crippen molar-refractivity contribution in [2.45, 2.75) is 19.9 Å². The molecule has 0 saturated heterocycles. The first-order valence-corrected chi connectivity index (χ1v) is 3.33. The average molecular weight is 141 g/mol. The van der Waals surface area contributed by atoms with E-state index >= 15 is 0 Å². The highest BCUT2D eigenvalue weighted by Gasteiger charge is 2.24. The summed E-state index contributed by atoms with van der Waals surface area (Å²) < 4.78 is 0. The summed E-state index contributed by atoms with van der Waals surface area (Å²) in [5.41, 5.74) is 0. The molecule has 0 unspecified atom stereocenters. The SMILES string of the molecule is CC(C)N1CC=C(O)C1=O. The summed E-state index contributed by atoms with van der Waals surface area (Å²) in [6.07, 6.45) is 1.53. The Morgan fingerprint density at radius 3 is 2.50 bits per heavy atom. The molecule has 1 aliphatic rings. The molecule has 1 aliphatic heterocycles. The predicted molar refractivity (Wildman–Crippen MR) is 37.6 cm³/mol. The van der Waals surface area contributed by atoms with Crippen LogP contribution in [0.25, 0.3) is 0 Å². The van der Waals surface area contributed by atoms with Crippen LogP contribution in [0, 0.1) is 0 Å². The zero-order valence-corrected chi connectivity index (χ0v) is 6.16. The maximum Gasteiger partial charge on any atom is 0.288 e. The summed E-state index contributed by atoms with van der Waals surface area (Å²) in [7, 11) is 0. The summed E-state index contributed by atoms with van der Waals surface area (Å²) in [6, 6.07) is 0.174. The van der Waals surface area contributed by atoms with E-state index in [-0.39, 0.29) is 17.7 Å². The van der Waals surface area contributed by atoms with Crippen molar-refractivity contribution < 1.29 is 9.90 Å². The monoisotopic (exact) mass is 141 g/mol. The lowest BCUT2D eigenvalue weighted by molar-refractivity contribution is -0.129. The molecule has 1 amide bonds. The number of nitrogens with zero attached hydrogens (tertiary/aromatic N) is 1. The zero-order chi connectivity index (χ0) is 7.72. The number of aliphatic hydroxyl groups excluding tert-OH is 1. The normalized spacial score (nSPS) is 18.5. The minimum Gasteiger partial charge on any atom is -0.503 e. The van der Waals surface area contributed by atoms with Gasteiger partial charge in [0.25, 0.3) is 5.91 Å². The Morgan fingerprint density at radius 2 is 2.30 bits per heavy atom. The Bertz CT molecular complexity index is 184. The van der Waals surface area contributed by atoms with Gasteiger partial charge < -0.3 is 10.0 Å². The molecule has 0 bridgehead atoms. The van der Waals surface area contributed by atoms with Gasteiger partial charge in [-0.2, -0.15) is 0 Å². The van der Waals surface area contributed by atoms with Crippen molar-refractivity contribution in [1.82, 2.24) is 4.90 Å². The van der Waals surface area contributed by atoms with E-state index in [0.717, 1.165) is 0 Å². The molecule has 3 nitrogen and oxygen atoms in total. The molecule has 1 heterocycles. The van der Waals surface area contributed by atoms with E-state index in [2.05, 4.69) is 0 Å². The van der Waals surface area contributed by atoms with Crippen LogP contribution in [0.15, 0.2) is 11.8 Å². The Hall–Kier alpha value is -0.990. The molecule has 0 aromatic carbocycles. The van der Waals surface area contributed by atoms with Crippen LogP contribution in [0.1, 0.15) is 13.8 Å². The summed E-state index contributed by atoms with van der Waals surface area (Å²) in [4.78, 5) is 12.6. The Balaban J connectivity index is 2.65. The maximum absolute atomic E-state index is 11.0. The third-order valence-corrected chi connectivity index (χ3v) is 1.58. The van der Waals surface area contributed by atoms with Gasteiger partial charge >= 0.3 is 0 Å². The Morgan fingerprint density at radius 1 is 1.70 bits per heavy atom. The third-order valence-electron chi connectivity index (χ3n) is 1.58. The predicted octanol–water partition coefficient (Wildman–Crippen LogP) is 0.679. The molecular formula is C7H11NO2. The molecule has 1 N–H and O–H groups in total. The molecule has 0 aliphatic carbocycles. The van der Waals surface area contributed by atoms with E-state index in [4.69, 9.17) is 5.11 Å². The van der Waals surface area contributed by atoms with Gasteiger partial charge in [-0.15, -0.1) is 0 Å². The number of carbonyl (C=O) groups is 1. The number of amides is 1. The fourth-order valence-electron chi connectivity index (χ4n) is 0.947. The number of hydrogen-bond acceptors (Lipinski definition) is 2. The van der Waals surface area contributed by atoms with E-state index in [1.54, 1.807) is 4.90 Å². The molecule has 0 spiro atoms. The smallest absolute Gasteiger partial charge is 0.288 e. The molecule has 1 rings (SSSR count). The summed E-state index contributed by atoms with van der Waals surface area (Å²) in [5.74, 6) is -0.372. The molecule has 3 heteroatoms. The number of aliphatic hydroxyl groups is 1. The molecule has 0 saturated carbocycles. The second-order valence-corrected chi connectivity index (χ2v) is 2.64. The standard InChI is InChI=1S/C7H11NO2/c1-5(2)8-4-3-6(9)7(8)10/h3,5,9H,4H2,1-2H3. The van der Waals surface area contributed by atoms with Gasteiger partial charge in [0, 0.05) is 12.6 Å². The van der Waals surface area contributed by atoms with Crippen LogP contribution < -0.4 is 0 Å². The van der Waals surface area contributed by atoms with Crippen molar-refractivity contribution >= 4 is 5.91 Å². The highest BCUT2D eigenvalue weighted by Crippen LogP contribution is 2.10. The van der Waals surface area contributed by atoms with E-state index in [0.29, 0.717) is 6.54 Å². The van der Waals surface area contributed by atoms with Crippen LogP contribution in [0.4, 0.5) is 0 Å². The van der Waals surface area contributed by atoms with Crippen molar-refractivity contribution in [2.75, 3.05) is 6.54 Å². The first kappa shape index (κ1) is 7.12. The summed E-state index contributed by atoms with van der Waals surface area (Å²) >= 11 is 0. The van der Waals surface area contributed by atoms with Crippen molar-refractivity contribution in [2.24, 2.45) is 0 Å². The van der Waals surface area contributed by atoms with Crippen LogP contribution in [-0.4, -0.2) is 28.5 Å². The van der Waals surface area contributed by atoms with E-state index in [9.17, 15) is 4.79 Å². The van der Waals surface area contributed by atoms with Crippen LogP contribution >= 0.6 is 0 Å². The van der Waals surface area contributed by atoms with Crippen molar-refractivity contribution in [1.29, 1.82) is 0 Å². The second-order valence-electron chi connectivity index (χ2n) is 2.64. The summed E-state index contributed by atoms with van der Waals surface area (Å²) in [6.45, 7) is 4.39. The molecule has 0 atom stereocenters. The molecular weight excluding hydrogens is 130 g/mol. The van der Waals surface area contributed by atoms with Gasteiger partial charge in [-0.1, -0.05) is 0 Å². The van der Waals surface area contributed by atoms with Crippen LogP contribution in [-0.2, 0) is 4.79 Å². The van der Waals surface area contributed by atoms with Crippen molar-refractivity contribution in [3.63, 3.8) is 0 Å². The lowest BCUT2D eigenvalue weighted by Crippen LogP contribution is -2.33. The lowest BCUT2D eigenvalue weighted by Gasteiger charge is -2.19. The van der Waals surface area contributed by atoms with E-state index < -0.39 is 0 Å². The van der Waals surface area contributed by atoms with Crippen LogP contribution in [0.5, 0.6) is 0 Å². The topological polar surface area (TPSA) is 40.5 Å². The van der Waals surface area contributed by atoms with Crippen LogP contribution in [0.2, 0.25) is 0 Å².